The molecule has 2 atom stereocenters. The van der Waals surface area contributed by atoms with E-state index in [0.29, 0.717) is 21.4 Å². The lowest BCUT2D eigenvalue weighted by atomic mass is 9.95. The van der Waals surface area contributed by atoms with E-state index in [1.807, 2.05) is 0 Å². The number of hydrogen-bond donors (Lipinski definition) is 0. The molecule has 0 spiro atoms. The summed E-state index contributed by atoms with van der Waals surface area (Å²) in [5, 5.41) is 6.83. The number of fused-ring (bicyclic) bond motifs is 3. The van der Waals surface area contributed by atoms with Crippen LogP contribution in [0, 0.1) is 12.7 Å². The van der Waals surface area contributed by atoms with E-state index >= 15 is 0 Å². The van der Waals surface area contributed by atoms with E-state index in [1.165, 1.54) is 13.2 Å². The topological polar surface area (TPSA) is 75.5 Å². The van der Waals surface area contributed by atoms with E-state index in [0.717, 1.165) is 19.1 Å². The highest BCUT2D eigenvalue weighted by Gasteiger charge is 2.44. The normalized spacial score (nSPS) is 17.8. The second kappa shape index (κ2) is 7.90. The van der Waals surface area contributed by atoms with Crippen LogP contribution in [0.25, 0.3) is 5.69 Å². The Balaban J connectivity index is 2.03. The number of carbonyl (C=O) groups is 1. The van der Waals surface area contributed by atoms with Crippen molar-refractivity contribution in [3.05, 3.63) is 70.6 Å². The first-order valence-electron chi connectivity index (χ1n) is 9.40. The molecular formula is C21H17F4N3O4. The van der Waals surface area contributed by atoms with Crippen molar-refractivity contribution in [1.29, 1.82) is 0 Å². The summed E-state index contributed by atoms with van der Waals surface area (Å²) in [6.45, 7) is 2.81. The summed E-state index contributed by atoms with van der Waals surface area (Å²) in [7, 11) is 1.46. The van der Waals surface area contributed by atoms with E-state index in [4.69, 9.17) is 14.2 Å². The molecule has 0 saturated carbocycles. The first kappa shape index (κ1) is 21.8. The van der Waals surface area contributed by atoms with Gasteiger partial charge in [-0.25, -0.2) is 4.39 Å². The largest absolute Gasteiger partial charge is 0.496 e. The van der Waals surface area contributed by atoms with Crippen LogP contribution >= 0.6 is 0 Å². The predicted molar refractivity (Wildman–Crippen MR) is 101 cm³/mol. The molecule has 32 heavy (non-hydrogen) atoms. The van der Waals surface area contributed by atoms with Crippen LogP contribution in [0.15, 0.2) is 36.4 Å². The average Bonchev–Trinajstić information content (AvgIpc) is 3.12. The van der Waals surface area contributed by atoms with Crippen molar-refractivity contribution in [3.63, 3.8) is 0 Å². The summed E-state index contributed by atoms with van der Waals surface area (Å²) in [5.41, 5.74) is 1.12. The lowest BCUT2D eigenvalue weighted by Crippen LogP contribution is -2.18. The Hall–Kier alpha value is -3.47. The lowest BCUT2D eigenvalue weighted by molar-refractivity contribution is -0.189. The molecule has 0 bridgehead atoms. The number of benzene rings is 2. The van der Waals surface area contributed by atoms with Crippen LogP contribution in [0.4, 0.5) is 17.6 Å². The molecule has 0 aliphatic carbocycles. The molecule has 0 fully saturated rings. The first-order chi connectivity index (χ1) is 15.1. The molecule has 2 heterocycles. The number of nitrogens with zero attached hydrogens (tertiary/aromatic N) is 3. The summed E-state index contributed by atoms with van der Waals surface area (Å²) >= 11 is 0. The molecule has 7 nitrogen and oxygen atoms in total. The third-order valence-corrected chi connectivity index (χ3v) is 5.03. The highest BCUT2D eigenvalue weighted by atomic mass is 19.4. The second-order valence-corrected chi connectivity index (χ2v) is 7.05. The third kappa shape index (κ3) is 3.68. The monoisotopic (exact) mass is 451 g/mol. The standard InChI is InChI=1S/C21H17F4N3O4/c1-10-13(5-4-6-16(10)30-3)17-14-9-12(22)7-8-15(14)28-18(19(32-17)31-11(2)29)26-27-20(28)21(23,24)25/h4-9,17,19H,1-3H3/t17-,19+/m1/s1. The average molecular weight is 451 g/mol. The van der Waals surface area contributed by atoms with Gasteiger partial charge in [-0.1, -0.05) is 12.1 Å². The van der Waals surface area contributed by atoms with E-state index in [-0.39, 0.29) is 11.3 Å². The van der Waals surface area contributed by atoms with Crippen LogP contribution < -0.4 is 4.74 Å². The van der Waals surface area contributed by atoms with Crippen molar-refractivity contribution in [2.45, 2.75) is 32.4 Å². The Morgan fingerprint density at radius 3 is 2.56 bits per heavy atom. The van der Waals surface area contributed by atoms with E-state index < -0.39 is 42.0 Å². The van der Waals surface area contributed by atoms with Crippen LogP contribution in [0.3, 0.4) is 0 Å². The maximum absolute atomic E-state index is 14.3. The minimum Gasteiger partial charge on any atom is -0.496 e. The number of aromatic nitrogens is 3. The molecule has 1 aromatic heterocycles. The van der Waals surface area contributed by atoms with Gasteiger partial charge in [0.15, 0.2) is 0 Å². The summed E-state index contributed by atoms with van der Waals surface area (Å²) in [5.74, 6) is -2.76. The third-order valence-electron chi connectivity index (χ3n) is 5.03. The number of esters is 1. The fourth-order valence-corrected chi connectivity index (χ4v) is 3.68. The van der Waals surface area contributed by atoms with Crippen molar-refractivity contribution in [3.8, 4) is 11.4 Å². The Morgan fingerprint density at radius 1 is 1.16 bits per heavy atom. The van der Waals surface area contributed by atoms with Gasteiger partial charge in [-0.3, -0.25) is 9.36 Å². The van der Waals surface area contributed by atoms with Crippen LogP contribution in [-0.4, -0.2) is 27.8 Å². The molecule has 0 unspecified atom stereocenters. The minimum absolute atomic E-state index is 0.0550. The molecule has 1 aliphatic rings. The number of halogens is 4. The Labute approximate surface area is 179 Å². The van der Waals surface area contributed by atoms with Crippen LogP contribution in [-0.2, 0) is 20.4 Å². The number of carbonyl (C=O) groups excluding carboxylic acids is 1. The van der Waals surface area contributed by atoms with Crippen molar-refractivity contribution >= 4 is 5.97 Å². The zero-order valence-corrected chi connectivity index (χ0v) is 17.1. The van der Waals surface area contributed by atoms with Crippen LogP contribution in [0.1, 0.15) is 47.7 Å². The molecule has 168 valence electrons. The highest BCUT2D eigenvalue weighted by Crippen LogP contribution is 2.44. The Morgan fingerprint density at radius 2 is 1.91 bits per heavy atom. The zero-order chi connectivity index (χ0) is 23.2. The molecule has 4 rings (SSSR count). The van der Waals surface area contributed by atoms with Gasteiger partial charge in [0.1, 0.15) is 17.7 Å². The molecule has 0 N–H and O–H groups in total. The first-order valence-corrected chi connectivity index (χ1v) is 9.40. The molecule has 0 saturated heterocycles. The van der Waals surface area contributed by atoms with Gasteiger partial charge in [0.25, 0.3) is 6.29 Å². The maximum atomic E-state index is 14.3. The Bertz CT molecular complexity index is 1190. The van der Waals surface area contributed by atoms with E-state index in [2.05, 4.69) is 10.2 Å². The predicted octanol–water partition coefficient (Wildman–Crippen LogP) is 4.42. The van der Waals surface area contributed by atoms with Gasteiger partial charge >= 0.3 is 12.1 Å². The Kier molecular flexibility index (Phi) is 5.37. The maximum Gasteiger partial charge on any atom is 0.452 e. The molecular weight excluding hydrogens is 434 g/mol. The molecule has 11 heteroatoms. The fourth-order valence-electron chi connectivity index (χ4n) is 3.68. The highest BCUT2D eigenvalue weighted by molar-refractivity contribution is 5.66. The molecule has 0 amide bonds. The quantitative estimate of drug-likeness (QED) is 0.434. The van der Waals surface area contributed by atoms with Crippen molar-refractivity contribution in [1.82, 2.24) is 14.8 Å². The SMILES string of the molecule is COc1cccc([C@H]2O[C@H](OC(C)=O)c3nnc(C(F)(F)F)n3-c3ccc(F)cc32)c1C. The molecule has 3 aromatic rings. The zero-order valence-electron chi connectivity index (χ0n) is 17.1. The van der Waals surface area contributed by atoms with Crippen molar-refractivity contribution in [2.24, 2.45) is 0 Å². The molecule has 2 aromatic carbocycles. The van der Waals surface area contributed by atoms with Gasteiger partial charge in [-0.05, 0) is 42.3 Å². The second-order valence-electron chi connectivity index (χ2n) is 7.05. The van der Waals surface area contributed by atoms with Crippen LogP contribution in [0.2, 0.25) is 0 Å². The van der Waals surface area contributed by atoms with Crippen LogP contribution in [0.5, 0.6) is 5.75 Å². The molecule has 1 aliphatic heterocycles. The number of rotatable bonds is 3. The van der Waals surface area contributed by atoms with E-state index in [9.17, 15) is 22.4 Å². The van der Waals surface area contributed by atoms with Gasteiger partial charge in [-0.15, -0.1) is 10.2 Å². The fraction of sp³-hybridized carbons (Fsp3) is 0.286. The summed E-state index contributed by atoms with van der Waals surface area (Å²) < 4.78 is 72.6. The number of ether oxygens (including phenoxy) is 3. The summed E-state index contributed by atoms with van der Waals surface area (Å²) in [6.07, 6.45) is -7.63. The van der Waals surface area contributed by atoms with Gasteiger partial charge < -0.3 is 14.2 Å². The van der Waals surface area contributed by atoms with Gasteiger partial charge in [0, 0.05) is 12.5 Å². The summed E-state index contributed by atoms with van der Waals surface area (Å²) in [6, 6.07) is 8.29. The summed E-state index contributed by atoms with van der Waals surface area (Å²) in [4.78, 5) is 11.7. The smallest absolute Gasteiger partial charge is 0.452 e. The van der Waals surface area contributed by atoms with Gasteiger partial charge in [-0.2, -0.15) is 13.2 Å². The molecule has 0 radical (unpaired) electrons. The number of alkyl halides is 3. The van der Waals surface area contributed by atoms with Crippen molar-refractivity contribution in [2.75, 3.05) is 7.11 Å². The van der Waals surface area contributed by atoms with E-state index in [1.54, 1.807) is 25.1 Å². The van der Waals surface area contributed by atoms with Gasteiger partial charge in [0.2, 0.25) is 11.6 Å². The van der Waals surface area contributed by atoms with Crippen molar-refractivity contribution < 1.29 is 36.6 Å². The number of hydrogen-bond acceptors (Lipinski definition) is 6. The van der Waals surface area contributed by atoms with Gasteiger partial charge in [0.05, 0.1) is 12.8 Å². The number of methoxy groups -OCH3 is 1. The lowest BCUT2D eigenvalue weighted by Gasteiger charge is -2.24. The minimum atomic E-state index is -4.89.